The van der Waals surface area contributed by atoms with Gasteiger partial charge in [0.2, 0.25) is 0 Å². The molecule has 3 aromatic rings. The molecule has 0 saturated carbocycles. The molecule has 0 saturated heterocycles. The Kier molecular flexibility index (Phi) is 8.16. The lowest BCUT2D eigenvalue weighted by Gasteiger charge is -2.06. The van der Waals surface area contributed by atoms with Crippen molar-refractivity contribution in [3.8, 4) is 11.8 Å². The number of nitrogens with one attached hydrogen (secondary N) is 1. The maximum Gasteiger partial charge on any atom is 0.273 e. The maximum absolute atomic E-state index is 14.6. The predicted octanol–water partition coefficient (Wildman–Crippen LogP) is 2.16. The van der Waals surface area contributed by atoms with E-state index in [0.717, 1.165) is 32.9 Å². The minimum absolute atomic E-state index is 0.0603. The summed E-state index contributed by atoms with van der Waals surface area (Å²) in [5.74, 6) is -2.55. The van der Waals surface area contributed by atoms with Crippen molar-refractivity contribution in [2.45, 2.75) is 4.90 Å². The molecule has 1 amide bonds. The largest absolute Gasteiger partial charge is 0.383 e. The molecule has 6 nitrogen and oxygen atoms in total. The van der Waals surface area contributed by atoms with Gasteiger partial charge in [0.25, 0.3) is 11.5 Å². The summed E-state index contributed by atoms with van der Waals surface area (Å²) in [5, 5.41) is 12.2. The Morgan fingerprint density at radius 2 is 2.00 bits per heavy atom. The topological polar surface area (TPSA) is 84.1 Å². The number of rotatable bonds is 7. The van der Waals surface area contributed by atoms with Gasteiger partial charge in [-0.1, -0.05) is 12.1 Å². The van der Waals surface area contributed by atoms with Crippen molar-refractivity contribution >= 4 is 40.7 Å². The Hall–Kier alpha value is -3.26. The van der Waals surface area contributed by atoms with E-state index in [1.165, 1.54) is 7.11 Å². The molecule has 10 heteroatoms. The molecule has 0 aliphatic rings. The van der Waals surface area contributed by atoms with Gasteiger partial charge in [-0.05, 0) is 42.2 Å². The fraction of sp³-hybridized carbons (Fsp3) is 0.174. The summed E-state index contributed by atoms with van der Waals surface area (Å²) in [6.45, 7) is 0.362. The molecule has 0 unspecified atom stereocenters. The summed E-state index contributed by atoms with van der Waals surface area (Å²) >= 11 is 2.45. The average molecular weight is 488 g/mol. The maximum atomic E-state index is 14.6. The van der Waals surface area contributed by atoms with Crippen LogP contribution < -0.4 is 20.1 Å². The van der Waals surface area contributed by atoms with Crippen LogP contribution in [-0.2, 0) is 9.53 Å². The van der Waals surface area contributed by atoms with Gasteiger partial charge in [0.15, 0.2) is 5.57 Å². The van der Waals surface area contributed by atoms with Crippen molar-refractivity contribution in [1.29, 1.82) is 5.26 Å². The minimum Gasteiger partial charge on any atom is -0.383 e. The molecule has 0 fully saturated rings. The van der Waals surface area contributed by atoms with Gasteiger partial charge >= 0.3 is 0 Å². The predicted molar refractivity (Wildman–Crippen MR) is 125 cm³/mol. The van der Waals surface area contributed by atoms with E-state index < -0.39 is 23.1 Å². The Balaban J connectivity index is 2.30. The quantitative estimate of drug-likeness (QED) is 0.408. The van der Waals surface area contributed by atoms with Crippen molar-refractivity contribution in [2.24, 2.45) is 0 Å². The highest BCUT2D eigenvalue weighted by Gasteiger charge is 2.19. The third-order valence-electron chi connectivity index (χ3n) is 4.53. The summed E-state index contributed by atoms with van der Waals surface area (Å²) in [6, 6.07) is 12.0. The number of carbonyl (C=O) groups is 1. The number of amides is 1. The van der Waals surface area contributed by atoms with Crippen LogP contribution in [0.15, 0.2) is 52.2 Å². The number of nitrogens with zero attached hydrogens (tertiary/aromatic N) is 2. The number of methoxy groups -OCH3 is 1. The number of hydrogen-bond acceptors (Lipinski definition) is 6. The monoisotopic (exact) mass is 487 g/mol. The minimum atomic E-state index is -0.996. The second kappa shape index (κ2) is 11.0. The standard InChI is InChI=1S/C23H19F2N3O3S2/c1-31-10-9-27-21(29)17(13-26)23-28(19-8-5-15(24)12-18(19)25)22(30)20(33-23)11-14-3-6-16(32-2)7-4-14/h3-8,11-12H,9-10H2,1-2H3,(H,27,29)/b20-11-,23-17-. The summed E-state index contributed by atoms with van der Waals surface area (Å²) in [5.41, 5.74) is -0.545. The molecular formula is C23H19F2N3O3S2. The molecule has 0 spiro atoms. The van der Waals surface area contributed by atoms with Crippen LogP contribution in [0.2, 0.25) is 0 Å². The highest BCUT2D eigenvalue weighted by atomic mass is 32.2. The van der Waals surface area contributed by atoms with Crippen LogP contribution in [0.4, 0.5) is 8.78 Å². The van der Waals surface area contributed by atoms with Gasteiger partial charge in [-0.2, -0.15) is 5.26 Å². The van der Waals surface area contributed by atoms with Crippen LogP contribution in [0, 0.1) is 23.0 Å². The molecule has 0 bridgehead atoms. The first-order valence-electron chi connectivity index (χ1n) is 9.64. The van der Waals surface area contributed by atoms with Gasteiger partial charge in [0, 0.05) is 24.6 Å². The number of benzene rings is 2. The van der Waals surface area contributed by atoms with Crippen molar-refractivity contribution in [3.05, 3.63) is 79.2 Å². The molecule has 0 aliphatic heterocycles. The normalized spacial score (nSPS) is 12.4. The highest BCUT2D eigenvalue weighted by Crippen LogP contribution is 2.15. The Morgan fingerprint density at radius 1 is 1.27 bits per heavy atom. The van der Waals surface area contributed by atoms with Crippen molar-refractivity contribution in [1.82, 2.24) is 9.88 Å². The van der Waals surface area contributed by atoms with E-state index in [4.69, 9.17) is 4.74 Å². The van der Waals surface area contributed by atoms with Crippen LogP contribution in [0.5, 0.6) is 0 Å². The lowest BCUT2D eigenvalue weighted by Crippen LogP contribution is -2.35. The highest BCUT2D eigenvalue weighted by molar-refractivity contribution is 7.98. The lowest BCUT2D eigenvalue weighted by atomic mass is 10.2. The molecule has 3 rings (SSSR count). The van der Waals surface area contributed by atoms with Gasteiger partial charge in [-0.25, -0.2) is 8.78 Å². The zero-order valence-electron chi connectivity index (χ0n) is 17.7. The molecule has 0 radical (unpaired) electrons. The molecule has 0 atom stereocenters. The summed E-state index contributed by atoms with van der Waals surface area (Å²) in [6.07, 6.45) is 3.54. The Bertz CT molecular complexity index is 1390. The van der Waals surface area contributed by atoms with Gasteiger partial charge in [0.05, 0.1) is 16.8 Å². The average Bonchev–Trinajstić information content (AvgIpc) is 3.10. The Morgan fingerprint density at radius 3 is 2.61 bits per heavy atom. The van der Waals surface area contributed by atoms with E-state index in [2.05, 4.69) is 5.32 Å². The van der Waals surface area contributed by atoms with Gasteiger partial charge in [-0.3, -0.25) is 14.2 Å². The molecule has 1 aromatic heterocycles. The fourth-order valence-corrected chi connectivity index (χ4v) is 4.44. The third-order valence-corrected chi connectivity index (χ3v) is 6.37. The van der Waals surface area contributed by atoms with E-state index in [9.17, 15) is 23.6 Å². The van der Waals surface area contributed by atoms with Gasteiger partial charge < -0.3 is 10.1 Å². The van der Waals surface area contributed by atoms with Crippen LogP contribution in [-0.4, -0.2) is 37.0 Å². The number of hydrogen-bond donors (Lipinski definition) is 1. The van der Waals surface area contributed by atoms with Crippen LogP contribution >= 0.6 is 23.1 Å². The number of aromatic nitrogens is 1. The zero-order chi connectivity index (χ0) is 24.0. The number of thioether (sulfide) groups is 1. The Labute approximate surface area is 196 Å². The molecule has 1 N–H and O–H groups in total. The van der Waals surface area contributed by atoms with Gasteiger partial charge in [-0.15, -0.1) is 23.1 Å². The second-order valence-corrected chi connectivity index (χ2v) is 8.57. The molecule has 2 aromatic carbocycles. The second-order valence-electron chi connectivity index (χ2n) is 6.66. The van der Waals surface area contributed by atoms with E-state index in [-0.39, 0.29) is 33.6 Å². The van der Waals surface area contributed by atoms with E-state index in [1.54, 1.807) is 23.9 Å². The summed E-state index contributed by atoms with van der Waals surface area (Å²) < 4.78 is 34.0. The van der Waals surface area contributed by atoms with Crippen LogP contribution in [0.25, 0.3) is 17.3 Å². The van der Waals surface area contributed by atoms with E-state index in [1.807, 2.05) is 30.5 Å². The lowest BCUT2D eigenvalue weighted by molar-refractivity contribution is -0.115. The summed E-state index contributed by atoms with van der Waals surface area (Å²) in [4.78, 5) is 26.9. The number of ether oxygens (including phenoxy) is 1. The van der Waals surface area contributed by atoms with Crippen LogP contribution in [0.3, 0.4) is 0 Å². The first-order chi connectivity index (χ1) is 15.9. The third kappa shape index (κ3) is 5.57. The zero-order valence-corrected chi connectivity index (χ0v) is 19.4. The van der Waals surface area contributed by atoms with Crippen LogP contribution in [0.1, 0.15) is 5.56 Å². The molecule has 170 valence electrons. The molecule has 33 heavy (non-hydrogen) atoms. The SMILES string of the molecule is COCCNC(=O)/C(C#N)=c1\s/c(=C\c2ccc(SC)cc2)c(=O)n1-c1ccc(F)cc1F. The number of nitriles is 1. The van der Waals surface area contributed by atoms with E-state index >= 15 is 0 Å². The first kappa shape index (κ1) is 24.4. The fourth-order valence-electron chi connectivity index (χ4n) is 2.93. The summed E-state index contributed by atoms with van der Waals surface area (Å²) in [7, 11) is 1.46. The molecular weight excluding hydrogens is 468 g/mol. The van der Waals surface area contributed by atoms with Crippen molar-refractivity contribution in [2.75, 3.05) is 26.5 Å². The first-order valence-corrected chi connectivity index (χ1v) is 11.7. The number of carbonyl (C=O) groups excluding carboxylic acids is 1. The van der Waals surface area contributed by atoms with Gasteiger partial charge in [0.1, 0.15) is 22.4 Å². The van der Waals surface area contributed by atoms with Crippen molar-refractivity contribution in [3.63, 3.8) is 0 Å². The molecule has 0 aliphatic carbocycles. The number of halogens is 2. The molecule has 1 heterocycles. The number of thiazole rings is 1. The van der Waals surface area contributed by atoms with E-state index in [0.29, 0.717) is 11.6 Å². The van der Waals surface area contributed by atoms with Crippen molar-refractivity contribution < 1.29 is 18.3 Å². The smallest absolute Gasteiger partial charge is 0.273 e.